The van der Waals surface area contributed by atoms with Gasteiger partial charge in [0, 0.05) is 0 Å². The van der Waals surface area contributed by atoms with Crippen molar-refractivity contribution in [3.05, 3.63) is 50.6 Å². The molecule has 1 fully saturated rings. The van der Waals surface area contributed by atoms with E-state index < -0.39 is 82.0 Å². The number of hydrogen-bond acceptors (Lipinski definition) is 16. The normalized spacial score (nSPS) is 17.2. The van der Waals surface area contributed by atoms with Gasteiger partial charge in [-0.2, -0.15) is 0 Å². The first-order valence-corrected chi connectivity index (χ1v) is 7.41. The minimum Gasteiger partial charge on any atom is -0.380 e. The van der Waals surface area contributed by atoms with E-state index in [1.165, 1.54) is 0 Å². The molecule has 0 unspecified atom stereocenters. The molecule has 1 aliphatic heterocycles. The van der Waals surface area contributed by atoms with Crippen molar-refractivity contribution in [1.29, 1.82) is 0 Å². The van der Waals surface area contributed by atoms with E-state index in [1.54, 1.807) is 0 Å². The highest BCUT2D eigenvalue weighted by Gasteiger charge is 2.59. The summed E-state index contributed by atoms with van der Waals surface area (Å²) in [5.41, 5.74) is -4.43. The molecular formula is C9H13N5O16. The van der Waals surface area contributed by atoms with E-state index in [1.807, 2.05) is 0 Å². The van der Waals surface area contributed by atoms with Gasteiger partial charge in [-0.3, -0.25) is 0 Å². The first-order valence-electron chi connectivity index (χ1n) is 7.41. The summed E-state index contributed by atoms with van der Waals surface area (Å²) in [6.07, 6.45) is -2.10. The van der Waals surface area contributed by atoms with Crippen LogP contribution in [0.1, 0.15) is 0 Å². The zero-order valence-corrected chi connectivity index (χ0v) is 14.6. The van der Waals surface area contributed by atoms with Crippen LogP contribution in [0.4, 0.5) is 0 Å². The molecule has 1 saturated heterocycles. The van der Waals surface area contributed by atoms with E-state index in [9.17, 15) is 50.6 Å². The summed E-state index contributed by atoms with van der Waals surface area (Å²) in [6, 6.07) is 0. The van der Waals surface area contributed by atoms with Crippen molar-refractivity contribution in [3.8, 4) is 0 Å². The Morgan fingerprint density at radius 2 is 0.933 bits per heavy atom. The summed E-state index contributed by atoms with van der Waals surface area (Å²) in [6.45, 7) is -6.05. The SMILES string of the molecule is O=[N+]([O-])OCC1(CO[N+](=O)[O-])COCC(CO[N+](=O)[O-])(CO[N+](=O)[O-])C1O[N+](=O)[O-]. The average molecular weight is 447 g/mol. The van der Waals surface area contributed by atoms with Crippen molar-refractivity contribution in [2.75, 3.05) is 39.6 Å². The second-order valence-electron chi connectivity index (χ2n) is 5.91. The molecule has 0 atom stereocenters. The Balaban J connectivity index is 3.47. The van der Waals surface area contributed by atoms with Gasteiger partial charge in [0.15, 0.2) is 0 Å². The Morgan fingerprint density at radius 1 is 0.633 bits per heavy atom. The van der Waals surface area contributed by atoms with Gasteiger partial charge in [-0.1, -0.05) is 0 Å². The summed E-state index contributed by atoms with van der Waals surface area (Å²) in [5, 5.41) is 46.7. The molecule has 0 aromatic rings. The lowest BCUT2D eigenvalue weighted by Gasteiger charge is -2.50. The smallest absolute Gasteiger partial charge is 0.294 e. The van der Waals surface area contributed by atoms with E-state index in [0.717, 1.165) is 0 Å². The highest BCUT2D eigenvalue weighted by molar-refractivity contribution is 5.02. The fraction of sp³-hybridized carbons (Fsp3) is 1.00. The van der Waals surface area contributed by atoms with E-state index in [0.29, 0.717) is 0 Å². The minimum absolute atomic E-state index is 0.730. The van der Waals surface area contributed by atoms with Crippen LogP contribution in [0.5, 0.6) is 0 Å². The molecule has 0 amide bonds. The van der Waals surface area contributed by atoms with Crippen LogP contribution in [0.25, 0.3) is 0 Å². The molecule has 0 spiro atoms. The summed E-state index contributed by atoms with van der Waals surface area (Å²) in [5.74, 6) is 0. The Morgan fingerprint density at radius 3 is 1.17 bits per heavy atom. The molecule has 0 aromatic heterocycles. The maximum absolute atomic E-state index is 11.0. The Labute approximate surface area is 162 Å². The third-order valence-electron chi connectivity index (χ3n) is 3.91. The third-order valence-corrected chi connectivity index (χ3v) is 3.91. The second kappa shape index (κ2) is 9.94. The van der Waals surface area contributed by atoms with Gasteiger partial charge in [-0.25, -0.2) is 0 Å². The summed E-state index contributed by atoms with van der Waals surface area (Å²) < 4.78 is 5.13. The van der Waals surface area contributed by atoms with E-state index in [2.05, 4.69) is 24.2 Å². The molecule has 1 aliphatic rings. The van der Waals surface area contributed by atoms with Crippen LogP contribution in [-0.2, 0) is 28.9 Å². The molecule has 1 rings (SSSR count). The van der Waals surface area contributed by atoms with Gasteiger partial charge in [0.25, 0.3) is 25.4 Å². The molecule has 0 radical (unpaired) electrons. The van der Waals surface area contributed by atoms with Crippen molar-refractivity contribution >= 4 is 0 Å². The van der Waals surface area contributed by atoms with Crippen LogP contribution in [0.15, 0.2) is 0 Å². The fourth-order valence-electron chi connectivity index (χ4n) is 2.85. The summed E-state index contributed by atoms with van der Waals surface area (Å²) in [4.78, 5) is 74.6. The van der Waals surface area contributed by atoms with Crippen molar-refractivity contribution in [3.63, 3.8) is 0 Å². The Kier molecular flexibility index (Phi) is 7.95. The molecule has 0 N–H and O–H groups in total. The number of nitrogens with zero attached hydrogens (tertiary/aromatic N) is 5. The summed E-state index contributed by atoms with van der Waals surface area (Å²) >= 11 is 0. The predicted molar refractivity (Wildman–Crippen MR) is 79.3 cm³/mol. The van der Waals surface area contributed by atoms with Crippen LogP contribution >= 0.6 is 0 Å². The molecule has 170 valence electrons. The molecule has 30 heavy (non-hydrogen) atoms. The molecule has 1 heterocycles. The fourth-order valence-corrected chi connectivity index (χ4v) is 2.85. The molecular weight excluding hydrogens is 434 g/mol. The lowest BCUT2D eigenvalue weighted by molar-refractivity contribution is -0.803. The van der Waals surface area contributed by atoms with Crippen LogP contribution < -0.4 is 0 Å². The van der Waals surface area contributed by atoms with Gasteiger partial charge in [0.2, 0.25) is 0 Å². The van der Waals surface area contributed by atoms with E-state index in [-0.39, 0.29) is 0 Å². The molecule has 21 nitrogen and oxygen atoms in total. The van der Waals surface area contributed by atoms with Gasteiger partial charge in [0.1, 0.15) is 32.5 Å². The maximum atomic E-state index is 11.0. The number of hydrogen-bond donors (Lipinski definition) is 0. The van der Waals surface area contributed by atoms with Gasteiger partial charge >= 0.3 is 0 Å². The van der Waals surface area contributed by atoms with Gasteiger partial charge in [-0.15, -0.1) is 50.6 Å². The Bertz CT molecular complexity index is 600. The lowest BCUT2D eigenvalue weighted by Crippen LogP contribution is -2.65. The van der Waals surface area contributed by atoms with Crippen molar-refractivity contribution in [2.24, 2.45) is 10.8 Å². The zero-order valence-electron chi connectivity index (χ0n) is 14.6. The topological polar surface area (TPSA) is 271 Å². The van der Waals surface area contributed by atoms with Crippen molar-refractivity contribution < 1.29 is 54.4 Å². The zero-order chi connectivity index (χ0) is 22.9. The molecule has 0 aliphatic carbocycles. The monoisotopic (exact) mass is 447 g/mol. The van der Waals surface area contributed by atoms with Gasteiger partial charge in [-0.05, 0) is 0 Å². The first-order chi connectivity index (χ1) is 13.9. The number of ether oxygens (including phenoxy) is 1. The standard InChI is InChI=1S/C9H13N5O16/c15-10(16)26-3-8(4-27-11(17)18)1-25-2-9(5-28-12(19)20,6-29-13(21)22)7(8)30-14(23)24/h7H,1-6H2. The van der Waals surface area contributed by atoms with Crippen molar-refractivity contribution in [1.82, 2.24) is 0 Å². The van der Waals surface area contributed by atoms with Crippen LogP contribution in [0.3, 0.4) is 0 Å². The predicted octanol–water partition coefficient (Wildman–Crippen LogP) is -1.60. The number of rotatable bonds is 14. The second-order valence-corrected chi connectivity index (χ2v) is 5.91. The first kappa shape index (κ1) is 24.0. The summed E-state index contributed by atoms with van der Waals surface area (Å²) in [7, 11) is 0. The van der Waals surface area contributed by atoms with Gasteiger partial charge < -0.3 is 28.9 Å². The third kappa shape index (κ3) is 6.54. The van der Waals surface area contributed by atoms with Crippen molar-refractivity contribution in [2.45, 2.75) is 6.10 Å². The van der Waals surface area contributed by atoms with E-state index in [4.69, 9.17) is 4.74 Å². The van der Waals surface area contributed by atoms with Crippen LogP contribution in [-0.4, -0.2) is 71.2 Å². The highest BCUT2D eigenvalue weighted by atomic mass is 17.0. The molecule has 0 saturated carbocycles. The van der Waals surface area contributed by atoms with Gasteiger partial charge in [0.05, 0.1) is 24.0 Å². The van der Waals surface area contributed by atoms with E-state index >= 15 is 0 Å². The molecule has 0 aromatic carbocycles. The van der Waals surface area contributed by atoms with Crippen LogP contribution in [0, 0.1) is 61.4 Å². The lowest BCUT2D eigenvalue weighted by atomic mass is 9.68. The average Bonchev–Trinajstić information content (AvgIpc) is 2.63. The van der Waals surface area contributed by atoms with Crippen LogP contribution in [0.2, 0.25) is 0 Å². The quantitative estimate of drug-likeness (QED) is 0.214. The highest BCUT2D eigenvalue weighted by Crippen LogP contribution is 2.44. The maximum Gasteiger partial charge on any atom is 0.294 e. The molecule has 21 heteroatoms. The largest absolute Gasteiger partial charge is 0.380 e. The molecule has 0 bridgehead atoms. The Hall–Kier alpha value is -4.04. The minimum atomic E-state index is -2.22.